The van der Waals surface area contributed by atoms with E-state index in [9.17, 15) is 0 Å². The van der Waals surface area contributed by atoms with Crippen molar-refractivity contribution in [2.24, 2.45) is 12.8 Å². The number of aryl methyl sites for hydroxylation is 1. The molecule has 0 aromatic carbocycles. The predicted molar refractivity (Wildman–Crippen MR) is 57.3 cm³/mol. The molecule has 0 aliphatic carbocycles. The van der Waals surface area contributed by atoms with Gasteiger partial charge in [-0.3, -0.25) is 4.98 Å². The third kappa shape index (κ3) is 2.34. The zero-order chi connectivity index (χ0) is 10.7. The molecule has 2 N–H and O–H groups in total. The van der Waals surface area contributed by atoms with Gasteiger partial charge in [-0.25, -0.2) is 0 Å². The van der Waals surface area contributed by atoms with Gasteiger partial charge in [0.2, 0.25) is 0 Å². The molecule has 2 heterocycles. The first-order chi connectivity index (χ1) is 7.29. The SMILES string of the molecule is Cn1cnnc1Sc1ccnc(CN)c1. The van der Waals surface area contributed by atoms with Crippen LogP contribution in [0.4, 0.5) is 0 Å². The van der Waals surface area contributed by atoms with Crippen molar-refractivity contribution in [3.8, 4) is 0 Å². The maximum Gasteiger partial charge on any atom is 0.195 e. The van der Waals surface area contributed by atoms with Gasteiger partial charge in [-0.05, 0) is 23.9 Å². The molecule has 0 spiro atoms. The molecule has 2 rings (SSSR count). The minimum Gasteiger partial charge on any atom is -0.325 e. The lowest BCUT2D eigenvalue weighted by Gasteiger charge is -2.01. The van der Waals surface area contributed by atoms with E-state index in [-0.39, 0.29) is 0 Å². The van der Waals surface area contributed by atoms with Crippen molar-refractivity contribution in [1.82, 2.24) is 19.7 Å². The Morgan fingerprint density at radius 3 is 3.07 bits per heavy atom. The molecule has 0 atom stereocenters. The van der Waals surface area contributed by atoms with Crippen LogP contribution in [0.5, 0.6) is 0 Å². The summed E-state index contributed by atoms with van der Waals surface area (Å²) >= 11 is 1.54. The Kier molecular flexibility index (Phi) is 2.98. The number of aromatic nitrogens is 4. The molecule has 78 valence electrons. The van der Waals surface area contributed by atoms with E-state index < -0.39 is 0 Å². The van der Waals surface area contributed by atoms with Crippen molar-refractivity contribution in [3.63, 3.8) is 0 Å². The summed E-state index contributed by atoms with van der Waals surface area (Å²) in [6.07, 6.45) is 3.42. The molecule has 2 aromatic heterocycles. The van der Waals surface area contributed by atoms with Gasteiger partial charge in [0.15, 0.2) is 5.16 Å². The van der Waals surface area contributed by atoms with Crippen molar-refractivity contribution in [2.45, 2.75) is 16.6 Å². The van der Waals surface area contributed by atoms with Crippen LogP contribution in [0.15, 0.2) is 34.7 Å². The predicted octanol–water partition coefficient (Wildman–Crippen LogP) is 0.820. The van der Waals surface area contributed by atoms with E-state index in [0.717, 1.165) is 15.7 Å². The Balaban J connectivity index is 2.21. The Hall–Kier alpha value is -1.40. The van der Waals surface area contributed by atoms with E-state index in [2.05, 4.69) is 15.2 Å². The lowest BCUT2D eigenvalue weighted by atomic mass is 10.3. The van der Waals surface area contributed by atoms with E-state index in [1.165, 1.54) is 0 Å². The molecule has 0 saturated heterocycles. The molecule has 0 aliphatic heterocycles. The van der Waals surface area contributed by atoms with Crippen molar-refractivity contribution in [2.75, 3.05) is 0 Å². The minimum absolute atomic E-state index is 0.452. The van der Waals surface area contributed by atoms with Gasteiger partial charge in [-0.15, -0.1) is 10.2 Å². The van der Waals surface area contributed by atoms with Crippen molar-refractivity contribution in [1.29, 1.82) is 0 Å². The van der Waals surface area contributed by atoms with E-state index >= 15 is 0 Å². The van der Waals surface area contributed by atoms with Crippen LogP contribution in [-0.4, -0.2) is 19.7 Å². The summed E-state index contributed by atoms with van der Waals surface area (Å²) in [7, 11) is 1.91. The topological polar surface area (TPSA) is 69.6 Å². The fourth-order valence-corrected chi connectivity index (χ4v) is 1.92. The maximum absolute atomic E-state index is 5.52. The smallest absolute Gasteiger partial charge is 0.195 e. The van der Waals surface area contributed by atoms with Gasteiger partial charge in [-0.1, -0.05) is 0 Å². The summed E-state index contributed by atoms with van der Waals surface area (Å²) < 4.78 is 1.87. The summed E-state index contributed by atoms with van der Waals surface area (Å²) in [5.74, 6) is 0. The Labute approximate surface area is 91.7 Å². The Bertz CT molecular complexity index is 453. The van der Waals surface area contributed by atoms with Gasteiger partial charge in [0.1, 0.15) is 6.33 Å². The summed E-state index contributed by atoms with van der Waals surface area (Å²) in [5.41, 5.74) is 6.39. The first-order valence-electron chi connectivity index (χ1n) is 4.46. The molecule has 0 bridgehead atoms. The first-order valence-corrected chi connectivity index (χ1v) is 5.28. The van der Waals surface area contributed by atoms with E-state index in [1.807, 2.05) is 23.7 Å². The third-order valence-corrected chi connectivity index (χ3v) is 2.92. The molecule has 5 nitrogen and oxygen atoms in total. The van der Waals surface area contributed by atoms with Gasteiger partial charge >= 0.3 is 0 Å². The molecule has 15 heavy (non-hydrogen) atoms. The summed E-state index contributed by atoms with van der Waals surface area (Å²) in [4.78, 5) is 5.20. The van der Waals surface area contributed by atoms with Crippen LogP contribution in [0.1, 0.15) is 5.69 Å². The second-order valence-corrected chi connectivity index (χ2v) is 4.05. The fraction of sp³-hybridized carbons (Fsp3) is 0.222. The molecule has 0 aliphatic rings. The van der Waals surface area contributed by atoms with Crippen LogP contribution in [0.3, 0.4) is 0 Å². The number of hydrogen-bond donors (Lipinski definition) is 1. The highest BCUT2D eigenvalue weighted by Crippen LogP contribution is 2.24. The quantitative estimate of drug-likeness (QED) is 0.831. The van der Waals surface area contributed by atoms with Gasteiger partial charge in [0.25, 0.3) is 0 Å². The van der Waals surface area contributed by atoms with E-state index in [0.29, 0.717) is 6.54 Å². The number of nitrogens with zero attached hydrogens (tertiary/aromatic N) is 4. The third-order valence-electron chi connectivity index (χ3n) is 1.88. The first kappa shape index (κ1) is 10.1. The Morgan fingerprint density at radius 1 is 1.53 bits per heavy atom. The highest BCUT2D eigenvalue weighted by Gasteiger charge is 2.03. The highest BCUT2D eigenvalue weighted by molar-refractivity contribution is 7.99. The summed E-state index contributed by atoms with van der Waals surface area (Å²) in [6, 6.07) is 3.89. The van der Waals surface area contributed by atoms with Gasteiger partial charge < -0.3 is 10.3 Å². The van der Waals surface area contributed by atoms with Gasteiger partial charge in [-0.2, -0.15) is 0 Å². The van der Waals surface area contributed by atoms with E-state index in [4.69, 9.17) is 5.73 Å². The molecule has 0 fully saturated rings. The lowest BCUT2D eigenvalue weighted by Crippen LogP contribution is -1.99. The molecule has 6 heteroatoms. The highest BCUT2D eigenvalue weighted by atomic mass is 32.2. The summed E-state index contributed by atoms with van der Waals surface area (Å²) in [5, 5.41) is 8.65. The van der Waals surface area contributed by atoms with Crippen LogP contribution < -0.4 is 5.73 Å². The van der Waals surface area contributed by atoms with Crippen LogP contribution in [-0.2, 0) is 13.6 Å². The number of hydrogen-bond acceptors (Lipinski definition) is 5. The van der Waals surface area contributed by atoms with Crippen LogP contribution in [0.2, 0.25) is 0 Å². The van der Waals surface area contributed by atoms with Crippen molar-refractivity contribution < 1.29 is 0 Å². The zero-order valence-corrected chi connectivity index (χ0v) is 9.11. The molecule has 0 unspecified atom stereocenters. The normalized spacial score (nSPS) is 10.5. The van der Waals surface area contributed by atoms with Crippen LogP contribution in [0.25, 0.3) is 0 Å². The largest absolute Gasteiger partial charge is 0.325 e. The number of rotatable bonds is 3. The van der Waals surface area contributed by atoms with Crippen molar-refractivity contribution in [3.05, 3.63) is 30.4 Å². The van der Waals surface area contributed by atoms with Gasteiger partial charge in [0.05, 0.1) is 5.69 Å². The molecular formula is C9H11N5S. The second-order valence-electron chi connectivity index (χ2n) is 3.01. The average molecular weight is 221 g/mol. The minimum atomic E-state index is 0.452. The summed E-state index contributed by atoms with van der Waals surface area (Å²) in [6.45, 7) is 0.452. The average Bonchev–Trinajstić information content (AvgIpc) is 2.65. The number of nitrogens with two attached hydrogens (primary N) is 1. The van der Waals surface area contributed by atoms with Crippen molar-refractivity contribution >= 4 is 11.8 Å². The molecular weight excluding hydrogens is 210 g/mol. The molecule has 2 aromatic rings. The monoisotopic (exact) mass is 221 g/mol. The van der Waals surface area contributed by atoms with Gasteiger partial charge in [0, 0.05) is 24.7 Å². The number of pyridine rings is 1. The fourth-order valence-electron chi connectivity index (χ4n) is 1.10. The Morgan fingerprint density at radius 2 is 2.40 bits per heavy atom. The second kappa shape index (κ2) is 4.41. The molecule has 0 radical (unpaired) electrons. The lowest BCUT2D eigenvalue weighted by molar-refractivity contribution is 0.788. The maximum atomic E-state index is 5.52. The van der Waals surface area contributed by atoms with Crippen LogP contribution in [0, 0.1) is 0 Å². The standard InChI is InChI=1S/C9H11N5S/c1-14-6-12-13-9(14)15-8-2-3-11-7(4-8)5-10/h2-4,6H,5,10H2,1H3. The molecule has 0 amide bonds. The van der Waals surface area contributed by atoms with E-state index in [1.54, 1.807) is 24.3 Å². The zero-order valence-electron chi connectivity index (χ0n) is 8.29. The van der Waals surface area contributed by atoms with Crippen LogP contribution >= 0.6 is 11.8 Å². The molecule has 0 saturated carbocycles.